The highest BCUT2D eigenvalue weighted by Gasteiger charge is 2.46. The van der Waals surface area contributed by atoms with E-state index in [-0.39, 0.29) is 245 Å². The van der Waals surface area contributed by atoms with Crippen molar-refractivity contribution in [2.24, 2.45) is 41.4 Å². The molecule has 3 aliphatic rings. The molecule has 0 saturated carbocycles. The SMILES string of the molecule is C.COP(=O)(O)OCCCCCCNC(=O)CCCC(=O)NC(COCCC(=O)CCCCCC(=O)CCCCO[C@@H]1OC(COC(C)=O)[C@H](C)[C@H](C)C1C)(COCCC(=O)NCCCNC(=O)CCCCO[C@@H]1OC(COC(C)=O)[C@H](C)[C@H](C)C1NC(C)=O)COC(=O)CCCCCC(=O)CCCCO[C@@H]1OC(COC(C)=O)[C@H](C)[C@H](C)C1NC(C)=O. The van der Waals surface area contributed by atoms with Crippen LogP contribution in [0.25, 0.3) is 0 Å². The number of hydrogen-bond acceptors (Lipinski definition) is 28. The fourth-order valence-electron chi connectivity index (χ4n) is 14.4. The molecule has 3 saturated heterocycles. The van der Waals surface area contributed by atoms with E-state index in [4.69, 9.17) is 61.4 Å². The van der Waals surface area contributed by atoms with E-state index in [0.29, 0.717) is 142 Å². The molecule has 0 spiro atoms. The molecule has 6 amide bonds. The largest absolute Gasteiger partial charge is 0.471 e. The van der Waals surface area contributed by atoms with Gasteiger partial charge in [-0.05, 0) is 125 Å². The monoisotopic (exact) mass is 1780 g/mol. The number of ketones is 3. The van der Waals surface area contributed by atoms with Crippen molar-refractivity contribution < 1.29 is 138 Å². The minimum absolute atomic E-state index is 0. The summed E-state index contributed by atoms with van der Waals surface area (Å²) in [4.78, 5) is 174. The second-order valence-electron chi connectivity index (χ2n) is 33.0. The van der Waals surface area contributed by atoms with Gasteiger partial charge in [-0.15, -0.1) is 0 Å². The van der Waals surface area contributed by atoms with Crippen LogP contribution < -0.4 is 31.9 Å². The molecule has 3 aliphatic heterocycles. The molecule has 0 aliphatic carbocycles. The topological polar surface area (TPSA) is 461 Å². The van der Waals surface area contributed by atoms with Gasteiger partial charge < -0.3 is 93.6 Å². The minimum Gasteiger partial charge on any atom is -0.463 e. The lowest BCUT2D eigenvalue weighted by molar-refractivity contribution is -0.255. The van der Waals surface area contributed by atoms with Gasteiger partial charge in [-0.2, -0.15) is 0 Å². The molecule has 0 aromatic rings. The van der Waals surface area contributed by atoms with Gasteiger partial charge in [0.1, 0.15) is 49.3 Å². The van der Waals surface area contributed by atoms with Gasteiger partial charge in [-0.3, -0.25) is 71.4 Å². The Balaban J connectivity index is 0.0000513. The second kappa shape index (κ2) is 64.3. The Morgan fingerprint density at radius 3 is 1.17 bits per heavy atom. The first-order valence-electron chi connectivity index (χ1n) is 44.3. The quantitative estimate of drug-likeness (QED) is 0.0129. The summed E-state index contributed by atoms with van der Waals surface area (Å²) in [6.07, 6.45) is 7.93. The van der Waals surface area contributed by atoms with Crippen LogP contribution in [0.4, 0.5) is 0 Å². The van der Waals surface area contributed by atoms with Gasteiger partial charge in [-0.1, -0.05) is 81.6 Å². The molecular weight excluding hydrogens is 1620 g/mol. The molecular formula is C87H153N6O29P. The zero-order chi connectivity index (χ0) is 90.4. The van der Waals surface area contributed by atoms with Crippen LogP contribution in [0.5, 0.6) is 0 Å². The normalized spacial score (nSPS) is 23.4. The van der Waals surface area contributed by atoms with Crippen LogP contribution >= 0.6 is 7.82 Å². The summed E-state index contributed by atoms with van der Waals surface area (Å²) < 4.78 is 91.5. The molecule has 123 heavy (non-hydrogen) atoms. The Bertz CT molecular complexity index is 3190. The molecule has 0 aromatic carbocycles. The predicted octanol–water partition coefficient (Wildman–Crippen LogP) is 9.56. The van der Waals surface area contributed by atoms with E-state index >= 15 is 0 Å². The Labute approximate surface area is 729 Å². The zero-order valence-electron chi connectivity index (χ0n) is 75.1. The molecule has 36 heteroatoms. The van der Waals surface area contributed by atoms with Crippen molar-refractivity contribution in [2.75, 3.05) is 106 Å². The van der Waals surface area contributed by atoms with Gasteiger partial charge >= 0.3 is 31.7 Å². The zero-order valence-corrected chi connectivity index (χ0v) is 76.0. The number of carbonyl (C=O) groups is 13. The second-order valence-corrected chi connectivity index (χ2v) is 34.5. The number of rotatable bonds is 68. The summed E-state index contributed by atoms with van der Waals surface area (Å²) in [5, 5.41) is 17.3. The highest BCUT2D eigenvalue weighted by molar-refractivity contribution is 7.47. The van der Waals surface area contributed by atoms with Gasteiger partial charge in [0, 0.05) is 158 Å². The maximum atomic E-state index is 14.0. The number of Topliss-reactive ketones (excluding diaryl/α,β-unsaturated/α-hetero) is 3. The maximum absolute atomic E-state index is 14.0. The summed E-state index contributed by atoms with van der Waals surface area (Å²) in [7, 11) is -2.99. The fourth-order valence-corrected chi connectivity index (χ4v) is 14.9. The fraction of sp³-hybridized carbons (Fsp3) is 0.851. The van der Waals surface area contributed by atoms with Gasteiger partial charge in [0.05, 0.1) is 63.4 Å². The summed E-state index contributed by atoms with van der Waals surface area (Å²) >= 11 is 0. The Hall–Kier alpha value is -6.50. The van der Waals surface area contributed by atoms with E-state index in [1.54, 1.807) is 0 Å². The van der Waals surface area contributed by atoms with E-state index in [1.807, 2.05) is 27.7 Å². The van der Waals surface area contributed by atoms with Crippen molar-refractivity contribution in [2.45, 2.75) is 332 Å². The Morgan fingerprint density at radius 2 is 0.715 bits per heavy atom. The van der Waals surface area contributed by atoms with Crippen LogP contribution in [0.15, 0.2) is 0 Å². The van der Waals surface area contributed by atoms with Crippen molar-refractivity contribution in [3.8, 4) is 0 Å². The molecule has 0 bridgehead atoms. The third-order valence-electron chi connectivity index (χ3n) is 22.7. The standard InChI is InChI=1S/C86H149N6O29P.CH4/c1-58-59(2)73(52-114-67(10)95)119-83(64(58)7)111-46-27-22-35-70(98)32-18-16-19-34-72(100)41-50-109-55-86(92-79(104)39-30-38-77(102)87-43-25-14-15-26-49-118-122(106,107)108-13,57-117-80(105)40-21-17-20-33-71(99)36-23-28-47-112-84-81(90-65(8)93)62(5)60(3)74(120-84)53-115-68(11)96)56-110-51-42-78(103)89-45-31-44-88-76(101)37-24-29-48-113-85-82(91-66(9)94)63(6)61(4)75(121-85)54-116-69(12)97;/h58-64,73-75,81-85H,14-57H2,1-13H3,(H,87,102)(H,88,101)(H,89,103)(H,90,93)(H,91,94)(H,92,104)(H,106,107);1H4/t58-,59+,60+,61+,62-,63-,64?,73?,74?,75?,81?,82?,83+,84+,85+,86?;/m0./s1. The van der Waals surface area contributed by atoms with E-state index in [2.05, 4.69) is 57.2 Å². The number of hydrogen-bond donors (Lipinski definition) is 7. The van der Waals surface area contributed by atoms with Gasteiger partial charge in [0.2, 0.25) is 35.4 Å². The molecule has 0 aromatic heterocycles. The van der Waals surface area contributed by atoms with Crippen LogP contribution in [0.2, 0.25) is 0 Å². The molecule has 8 unspecified atom stereocenters. The number of esters is 4. The summed E-state index contributed by atoms with van der Waals surface area (Å²) in [5.41, 5.74) is -1.58. The Morgan fingerprint density at radius 1 is 0.358 bits per heavy atom. The molecule has 35 nitrogen and oxygen atoms in total. The molecule has 3 rings (SSSR count). The predicted molar refractivity (Wildman–Crippen MR) is 454 cm³/mol. The lowest BCUT2D eigenvalue weighted by Crippen LogP contribution is -2.59. The number of amides is 6. The molecule has 710 valence electrons. The third kappa shape index (κ3) is 50.0. The van der Waals surface area contributed by atoms with Crippen LogP contribution in [-0.2, 0) is 133 Å². The molecule has 7 N–H and O–H groups in total. The number of phosphoric acid groups is 1. The number of nitrogens with one attached hydrogen (secondary N) is 6. The molecule has 0 radical (unpaired) electrons. The van der Waals surface area contributed by atoms with E-state index < -0.39 is 86.9 Å². The minimum atomic E-state index is -4.07. The van der Waals surface area contributed by atoms with Gasteiger partial charge in [0.15, 0.2) is 18.9 Å². The summed E-state index contributed by atoms with van der Waals surface area (Å²) in [6, 6.07) is -0.878. The number of carbonyl (C=O) groups excluding carboxylic acids is 13. The van der Waals surface area contributed by atoms with Crippen LogP contribution in [0, 0.1) is 41.4 Å². The highest BCUT2D eigenvalue weighted by atomic mass is 31.2. The molecule has 3 heterocycles. The maximum Gasteiger partial charge on any atom is 0.471 e. The molecule has 17 atom stereocenters. The summed E-state index contributed by atoms with van der Waals surface area (Å²) in [6.45, 7) is 21.7. The number of phosphoric ester groups is 1. The lowest BCUT2D eigenvalue weighted by Gasteiger charge is -2.44. The van der Waals surface area contributed by atoms with Crippen molar-refractivity contribution in [3.63, 3.8) is 0 Å². The van der Waals surface area contributed by atoms with E-state index in [0.717, 1.165) is 7.11 Å². The van der Waals surface area contributed by atoms with Gasteiger partial charge in [-0.25, -0.2) is 4.57 Å². The lowest BCUT2D eigenvalue weighted by atomic mass is 9.79. The van der Waals surface area contributed by atoms with Crippen molar-refractivity contribution >= 4 is 84.5 Å². The highest BCUT2D eigenvalue weighted by Crippen LogP contribution is 2.42. The average Bonchev–Trinajstić information content (AvgIpc) is 0.805. The first-order valence-corrected chi connectivity index (χ1v) is 45.8. The number of ether oxygens (including phenoxy) is 12. The first kappa shape index (κ1) is 113. The number of unbranched alkanes of at least 4 members (excludes halogenated alkanes) is 10. The summed E-state index contributed by atoms with van der Waals surface area (Å²) in [5.74, 6) is -3.30. The average molecular weight is 1780 g/mol. The van der Waals surface area contributed by atoms with E-state index in [1.165, 1.54) is 34.6 Å². The van der Waals surface area contributed by atoms with Crippen molar-refractivity contribution in [3.05, 3.63) is 0 Å². The van der Waals surface area contributed by atoms with Crippen LogP contribution in [0.1, 0.15) is 277 Å². The van der Waals surface area contributed by atoms with Crippen LogP contribution in [0.3, 0.4) is 0 Å². The van der Waals surface area contributed by atoms with Crippen LogP contribution in [-0.4, -0.2) is 242 Å². The smallest absolute Gasteiger partial charge is 0.463 e. The van der Waals surface area contributed by atoms with Crippen molar-refractivity contribution in [1.82, 2.24) is 31.9 Å². The Kier molecular flexibility index (Phi) is 58.8. The third-order valence-corrected chi connectivity index (χ3v) is 23.7. The first-order chi connectivity index (χ1) is 58.1. The molecule has 3 fully saturated rings. The van der Waals surface area contributed by atoms with E-state index in [9.17, 15) is 71.8 Å². The van der Waals surface area contributed by atoms with Crippen molar-refractivity contribution in [1.29, 1.82) is 0 Å². The van der Waals surface area contributed by atoms with Gasteiger partial charge in [0.25, 0.3) is 0 Å².